The summed E-state index contributed by atoms with van der Waals surface area (Å²) < 4.78 is 55.1. The van der Waals surface area contributed by atoms with E-state index in [0.29, 0.717) is 0 Å². The highest BCUT2D eigenvalue weighted by atomic mass is 32.3. The van der Waals surface area contributed by atoms with Gasteiger partial charge < -0.3 is 8.37 Å². The first-order valence-electron chi connectivity index (χ1n) is 2.49. The van der Waals surface area contributed by atoms with Crippen LogP contribution in [0.5, 0.6) is 0 Å². The topological polar surface area (TPSA) is 105 Å². The van der Waals surface area contributed by atoms with Crippen LogP contribution in [0.3, 0.4) is 0 Å². The molecule has 0 saturated heterocycles. The van der Waals surface area contributed by atoms with E-state index in [1.54, 1.807) is 0 Å². The van der Waals surface area contributed by atoms with Gasteiger partial charge in [-0.1, -0.05) is 21.5 Å². The molecule has 0 bridgehead atoms. The summed E-state index contributed by atoms with van der Waals surface area (Å²) in [7, 11) is -9.54. The van der Waals surface area contributed by atoms with E-state index in [4.69, 9.17) is 0 Å². The second-order valence-electron chi connectivity index (χ2n) is 1.35. The monoisotopic (exact) mass is 242 g/mol. The van der Waals surface area contributed by atoms with E-state index < -0.39 is 20.8 Å². The highest BCUT2D eigenvalue weighted by Gasteiger charge is 2.21. The Hall–Kier alpha value is -1.46. The molecule has 10 heteroatoms. The summed E-state index contributed by atoms with van der Waals surface area (Å²) in [5.41, 5.74) is 0. The van der Waals surface area contributed by atoms with Gasteiger partial charge in [0.25, 0.3) is 0 Å². The van der Waals surface area contributed by atoms with Crippen LogP contribution in [0.2, 0.25) is 0 Å². The Morgan fingerprint density at radius 2 is 1.07 bits per heavy atom. The summed E-state index contributed by atoms with van der Waals surface area (Å²) in [6, 6.07) is 0. The van der Waals surface area contributed by atoms with Crippen molar-refractivity contribution >= 4 is 20.8 Å². The van der Waals surface area contributed by atoms with Gasteiger partial charge in [-0.3, -0.25) is 0 Å². The minimum atomic E-state index is -4.77. The Kier molecular flexibility index (Phi) is 4.20. The first kappa shape index (κ1) is 12.5. The van der Waals surface area contributed by atoms with E-state index >= 15 is 0 Å². The van der Waals surface area contributed by atoms with E-state index in [0.717, 1.165) is 0 Å². The average molecular weight is 242 g/mol. The molecule has 78 valence electrons. The van der Waals surface area contributed by atoms with Crippen molar-refractivity contribution in [3.05, 3.63) is 0 Å². The number of hydrogen-bond donors (Lipinski definition) is 0. The van der Waals surface area contributed by atoms with Gasteiger partial charge in [0.1, 0.15) is 12.2 Å². The van der Waals surface area contributed by atoms with Gasteiger partial charge in [0, 0.05) is 0 Å². The van der Waals surface area contributed by atoms with Gasteiger partial charge >= 0.3 is 20.8 Å². The normalized spacial score (nSPS) is 11.0. The van der Waals surface area contributed by atoms with Crippen LogP contribution in [-0.4, -0.2) is 16.8 Å². The van der Waals surface area contributed by atoms with Crippen LogP contribution in [-0.2, 0) is 37.8 Å². The van der Waals surface area contributed by atoms with E-state index in [2.05, 4.69) is 29.9 Å². The quantitative estimate of drug-likeness (QED) is 0.330. The predicted octanol–water partition coefficient (Wildman–Crippen LogP) is -1.36. The molecule has 0 atom stereocenters. The summed E-state index contributed by atoms with van der Waals surface area (Å²) in [6.07, 6.45) is 11.2. The average Bonchev–Trinajstić information content (AvgIpc) is 2.01. The maximum atomic E-state index is 10.4. The fraction of sp³-hybridized carbons (Fsp3) is 0. The highest BCUT2D eigenvalue weighted by molar-refractivity contribution is 7.84. The predicted molar refractivity (Wildman–Crippen MR) is 39.8 cm³/mol. The molecule has 0 spiro atoms. The molecule has 0 saturated carbocycles. The minimum Gasteiger partial charge on any atom is -0.305 e. The van der Waals surface area contributed by atoms with Crippen LogP contribution in [0.25, 0.3) is 0 Å². The molecule has 0 aliphatic carbocycles. The summed E-state index contributed by atoms with van der Waals surface area (Å²) in [4.78, 5) is 0. The van der Waals surface area contributed by atoms with Crippen LogP contribution in [0.15, 0.2) is 0 Å². The van der Waals surface area contributed by atoms with E-state index in [1.165, 1.54) is 12.2 Å². The Bertz CT molecular complexity index is 410. The Labute approximate surface area is 80.3 Å². The van der Waals surface area contributed by atoms with Gasteiger partial charge in [0.15, 0.2) is 0 Å². The number of terminal acetylenes is 2. The van der Waals surface area contributed by atoms with Crippen molar-refractivity contribution in [1.29, 1.82) is 0 Å². The SMILES string of the molecule is C#COS(=O)(=O)OOS(=O)(=O)OC#C. The molecule has 0 aromatic heterocycles. The van der Waals surface area contributed by atoms with Crippen LogP contribution < -0.4 is 0 Å². The standard InChI is InChI=1S/C4H2O8S2/c1-3-9-13(5,6)11-12-14(7,8)10-4-2/h1-2H. The van der Waals surface area contributed by atoms with Crippen molar-refractivity contribution in [3.63, 3.8) is 0 Å². The summed E-state index contributed by atoms with van der Waals surface area (Å²) in [5.74, 6) is 0. The number of rotatable bonds is 5. The zero-order valence-electron chi connectivity index (χ0n) is 6.24. The lowest BCUT2D eigenvalue weighted by molar-refractivity contribution is -0.104. The lowest BCUT2D eigenvalue weighted by Gasteiger charge is -1.99. The van der Waals surface area contributed by atoms with Crippen molar-refractivity contribution in [2.45, 2.75) is 0 Å². The lowest BCUT2D eigenvalue weighted by atomic mass is 11.3. The van der Waals surface area contributed by atoms with Crippen LogP contribution >= 0.6 is 0 Å². The molecule has 0 fully saturated rings. The largest absolute Gasteiger partial charge is 0.486 e. The molecular weight excluding hydrogens is 240 g/mol. The summed E-state index contributed by atoms with van der Waals surface area (Å²) in [5, 5.41) is 0. The molecule has 14 heavy (non-hydrogen) atoms. The smallest absolute Gasteiger partial charge is 0.305 e. The molecule has 0 heterocycles. The van der Waals surface area contributed by atoms with Crippen molar-refractivity contribution in [3.8, 4) is 25.1 Å². The van der Waals surface area contributed by atoms with Gasteiger partial charge in [-0.05, 0) is 0 Å². The third-order valence-corrected chi connectivity index (χ3v) is 1.65. The molecule has 0 N–H and O–H groups in total. The molecule has 0 aromatic carbocycles. The van der Waals surface area contributed by atoms with Crippen molar-refractivity contribution in [2.24, 2.45) is 0 Å². The van der Waals surface area contributed by atoms with Crippen molar-refractivity contribution in [2.75, 3.05) is 0 Å². The van der Waals surface area contributed by atoms with E-state index in [9.17, 15) is 16.8 Å². The second kappa shape index (κ2) is 4.69. The van der Waals surface area contributed by atoms with Crippen molar-refractivity contribution < 1.29 is 33.9 Å². The molecule has 0 aliphatic heterocycles. The molecule has 8 nitrogen and oxygen atoms in total. The third kappa shape index (κ3) is 5.23. The summed E-state index contributed by atoms with van der Waals surface area (Å²) >= 11 is 0. The molecule has 0 aromatic rings. The lowest BCUT2D eigenvalue weighted by Crippen LogP contribution is -2.13. The van der Waals surface area contributed by atoms with E-state index in [-0.39, 0.29) is 0 Å². The molecular formula is C4H2O8S2. The fourth-order valence-corrected chi connectivity index (χ4v) is 1.05. The Morgan fingerprint density at radius 3 is 1.29 bits per heavy atom. The summed E-state index contributed by atoms with van der Waals surface area (Å²) in [6.45, 7) is 0. The fourth-order valence-electron chi connectivity index (χ4n) is 0.214. The third-order valence-electron chi connectivity index (χ3n) is 0.495. The molecule has 0 unspecified atom stereocenters. The van der Waals surface area contributed by atoms with Crippen molar-refractivity contribution in [1.82, 2.24) is 0 Å². The Morgan fingerprint density at radius 1 is 0.786 bits per heavy atom. The maximum Gasteiger partial charge on any atom is 0.486 e. The Balaban J connectivity index is 4.37. The maximum absolute atomic E-state index is 10.4. The molecule has 0 radical (unpaired) electrons. The number of hydrogen-bond acceptors (Lipinski definition) is 8. The zero-order chi connectivity index (χ0) is 11.2. The van der Waals surface area contributed by atoms with Gasteiger partial charge in [0.05, 0.1) is 0 Å². The second-order valence-corrected chi connectivity index (χ2v) is 3.59. The van der Waals surface area contributed by atoms with Crippen LogP contribution in [0.1, 0.15) is 0 Å². The van der Waals surface area contributed by atoms with Gasteiger partial charge in [0.2, 0.25) is 0 Å². The van der Waals surface area contributed by atoms with Gasteiger partial charge in [-0.15, -0.1) is 0 Å². The minimum absolute atomic E-state index is 1.21. The molecule has 0 amide bonds. The van der Waals surface area contributed by atoms with Crippen LogP contribution in [0, 0.1) is 25.1 Å². The first-order chi connectivity index (χ1) is 6.33. The van der Waals surface area contributed by atoms with Gasteiger partial charge in [-0.25, -0.2) is 0 Å². The van der Waals surface area contributed by atoms with Gasteiger partial charge in [-0.2, -0.15) is 16.8 Å². The molecule has 0 rings (SSSR count). The van der Waals surface area contributed by atoms with Crippen LogP contribution in [0.4, 0.5) is 0 Å². The molecule has 0 aliphatic rings. The zero-order valence-corrected chi connectivity index (χ0v) is 7.87. The van der Waals surface area contributed by atoms with E-state index in [1.807, 2.05) is 0 Å². The highest BCUT2D eigenvalue weighted by Crippen LogP contribution is 2.01. The first-order valence-corrected chi connectivity index (χ1v) is 5.15.